The molecule has 2 heterocycles. The van der Waals surface area contributed by atoms with Gasteiger partial charge in [-0.15, -0.1) is 0 Å². The Bertz CT molecular complexity index is 2240. The summed E-state index contributed by atoms with van der Waals surface area (Å²) in [4.78, 5) is 41.7. The normalized spacial score (nSPS) is 14.8. The van der Waals surface area contributed by atoms with Crippen LogP contribution in [0.3, 0.4) is 0 Å². The van der Waals surface area contributed by atoms with Crippen molar-refractivity contribution in [2.45, 2.75) is 58.1 Å². The average Bonchev–Trinajstić information content (AvgIpc) is 3.56. The number of ketones is 1. The summed E-state index contributed by atoms with van der Waals surface area (Å²) in [6.45, 7) is 8.10. The highest BCUT2D eigenvalue weighted by atomic mass is 35.5. The summed E-state index contributed by atoms with van der Waals surface area (Å²) >= 11 is 6.81. The summed E-state index contributed by atoms with van der Waals surface area (Å²) in [6.07, 6.45) is 1.23. The van der Waals surface area contributed by atoms with E-state index in [-0.39, 0.29) is 18.2 Å². The van der Waals surface area contributed by atoms with Gasteiger partial charge in [-0.2, -0.15) is 5.10 Å². The molecule has 1 atom stereocenters. The maximum Gasteiger partial charge on any atom is 0.410 e. The molecule has 9 heteroatoms. The van der Waals surface area contributed by atoms with Crippen molar-refractivity contribution >= 4 is 46.1 Å². The molecule has 1 aromatic heterocycles. The number of carbonyl (C=O) groups excluding carboxylic acids is 3. The lowest BCUT2D eigenvalue weighted by Gasteiger charge is -2.37. The first kappa shape index (κ1) is 37.6. The number of anilines is 1. The molecule has 8 nitrogen and oxygen atoms in total. The van der Waals surface area contributed by atoms with Crippen LogP contribution in [0.5, 0.6) is 0 Å². The first-order valence-corrected chi connectivity index (χ1v) is 19.2. The lowest BCUT2D eigenvalue weighted by Crippen LogP contribution is -2.45. The van der Waals surface area contributed by atoms with E-state index >= 15 is 0 Å². The van der Waals surface area contributed by atoms with Gasteiger partial charge in [0, 0.05) is 41.0 Å². The van der Waals surface area contributed by atoms with Crippen LogP contribution in [0.15, 0.2) is 127 Å². The first-order chi connectivity index (χ1) is 26.5. The number of hydrogen-bond acceptors (Lipinski definition) is 5. The van der Waals surface area contributed by atoms with Gasteiger partial charge in [-0.25, -0.2) is 9.48 Å². The zero-order valence-electron chi connectivity index (χ0n) is 31.6. The van der Waals surface area contributed by atoms with Crippen molar-refractivity contribution in [2.24, 2.45) is 5.92 Å². The van der Waals surface area contributed by atoms with Crippen LogP contribution in [0.2, 0.25) is 5.02 Å². The number of aromatic nitrogens is 2. The van der Waals surface area contributed by atoms with Gasteiger partial charge in [0.2, 0.25) is 5.91 Å². The highest BCUT2D eigenvalue weighted by Gasteiger charge is 2.41. The lowest BCUT2D eigenvalue weighted by molar-refractivity contribution is -0.121. The van der Waals surface area contributed by atoms with Crippen LogP contribution < -0.4 is 5.32 Å². The van der Waals surface area contributed by atoms with Crippen molar-refractivity contribution < 1.29 is 19.1 Å². The van der Waals surface area contributed by atoms with Crippen LogP contribution in [0.1, 0.15) is 74.0 Å². The van der Waals surface area contributed by atoms with Crippen molar-refractivity contribution in [3.05, 3.63) is 155 Å². The highest BCUT2D eigenvalue weighted by molar-refractivity contribution is 6.33. The molecule has 0 aliphatic carbocycles. The van der Waals surface area contributed by atoms with Crippen LogP contribution in [-0.4, -0.2) is 51.2 Å². The maximum atomic E-state index is 14.3. The second-order valence-corrected chi connectivity index (χ2v) is 15.4. The van der Waals surface area contributed by atoms with E-state index in [2.05, 4.69) is 41.7 Å². The number of Topliss-reactive ketones (excluding diaryl/α,β-unsaturated/α-hetero) is 1. The number of carbonyl (C=O) groups is 3. The van der Waals surface area contributed by atoms with E-state index in [1.165, 1.54) is 0 Å². The number of rotatable bonds is 9. The molecule has 0 radical (unpaired) electrons. The predicted molar refractivity (Wildman–Crippen MR) is 219 cm³/mol. The Kier molecular flexibility index (Phi) is 10.6. The van der Waals surface area contributed by atoms with Crippen LogP contribution in [0, 0.1) is 5.92 Å². The van der Waals surface area contributed by atoms with E-state index in [9.17, 15) is 14.4 Å². The molecule has 1 N–H and O–H groups in total. The summed E-state index contributed by atoms with van der Waals surface area (Å²) in [5.41, 5.74) is 4.15. The van der Waals surface area contributed by atoms with Crippen LogP contribution >= 0.6 is 11.6 Å². The third-order valence-corrected chi connectivity index (χ3v) is 10.5. The monoisotopic (exact) mass is 752 g/mol. The van der Waals surface area contributed by atoms with Crippen molar-refractivity contribution in [2.75, 3.05) is 18.4 Å². The van der Waals surface area contributed by atoms with E-state index < -0.39 is 23.2 Å². The fourth-order valence-electron chi connectivity index (χ4n) is 7.56. The minimum absolute atomic E-state index is 0.0195. The highest BCUT2D eigenvalue weighted by Crippen LogP contribution is 2.44. The number of fused-ring (bicyclic) bond motifs is 1. The van der Waals surface area contributed by atoms with Gasteiger partial charge in [0.1, 0.15) is 11.1 Å². The Labute approximate surface area is 327 Å². The van der Waals surface area contributed by atoms with Gasteiger partial charge in [-0.3, -0.25) is 9.59 Å². The third kappa shape index (κ3) is 7.51. The van der Waals surface area contributed by atoms with Gasteiger partial charge >= 0.3 is 6.09 Å². The van der Waals surface area contributed by atoms with E-state index in [1.807, 2.05) is 111 Å². The van der Waals surface area contributed by atoms with Gasteiger partial charge in [0.05, 0.1) is 11.4 Å². The van der Waals surface area contributed by atoms with Crippen molar-refractivity contribution in [1.82, 2.24) is 14.7 Å². The number of benzene rings is 5. The quantitative estimate of drug-likeness (QED) is 0.117. The summed E-state index contributed by atoms with van der Waals surface area (Å²) < 4.78 is 7.66. The Morgan fingerprint density at radius 2 is 1.42 bits per heavy atom. The topological polar surface area (TPSA) is 93.5 Å². The van der Waals surface area contributed by atoms with Gasteiger partial charge < -0.3 is 15.0 Å². The minimum Gasteiger partial charge on any atom is -0.444 e. The average molecular weight is 753 g/mol. The molecule has 7 rings (SSSR count). The number of nitrogens with one attached hydrogen (secondary N) is 1. The number of piperidine rings is 1. The maximum absolute atomic E-state index is 14.3. The molecule has 280 valence electrons. The van der Waals surface area contributed by atoms with Crippen molar-refractivity contribution in [1.29, 1.82) is 0 Å². The molecule has 6 aromatic rings. The Morgan fingerprint density at radius 3 is 1.98 bits per heavy atom. The fraction of sp³-hybridized carbons (Fsp3) is 0.261. The first-order valence-electron chi connectivity index (χ1n) is 18.8. The largest absolute Gasteiger partial charge is 0.444 e. The summed E-state index contributed by atoms with van der Waals surface area (Å²) in [7, 11) is 0. The standard InChI is InChI=1S/C46H45ClN4O4/c1-5-41(52)32-23-25-39(47)37(29-32)31-24-26-40-38(28-31)42(48-43(53)33-16-15-27-50(30-33)44(54)55-45(2,3)4)49-51(40)46(34-17-9-6-10-18-34,35-19-11-7-12-20-35)36-21-13-8-14-22-36/h6-14,17-26,28-29,33H,5,15-16,27,30H2,1-4H3,(H,48,49,53)/t33-/m1/s1. The number of ether oxygens (including phenoxy) is 1. The zero-order chi connectivity index (χ0) is 38.7. The van der Waals surface area contributed by atoms with Crippen LogP contribution in [0.4, 0.5) is 10.6 Å². The molecule has 55 heavy (non-hydrogen) atoms. The molecule has 1 fully saturated rings. The molecule has 0 unspecified atom stereocenters. The van der Waals surface area contributed by atoms with E-state index in [0.717, 1.165) is 27.8 Å². The summed E-state index contributed by atoms with van der Waals surface area (Å²) in [5.74, 6) is -0.312. The SMILES string of the molecule is CCC(=O)c1ccc(Cl)c(-c2ccc3c(c2)c(NC(=O)[C@@H]2CCCN(C(=O)OC(C)(C)C)C2)nn3C(c2ccccc2)(c2ccccc2)c2ccccc2)c1. The third-order valence-electron chi connectivity index (χ3n) is 10.2. The molecular weight excluding hydrogens is 708 g/mol. The molecular formula is C46H45ClN4O4. The van der Waals surface area contributed by atoms with Crippen molar-refractivity contribution in [3.8, 4) is 11.1 Å². The number of hydrogen-bond donors (Lipinski definition) is 1. The molecule has 2 amide bonds. The van der Waals surface area contributed by atoms with Gasteiger partial charge in [0.25, 0.3) is 0 Å². The van der Waals surface area contributed by atoms with Gasteiger partial charge in [0.15, 0.2) is 11.6 Å². The molecule has 1 saturated heterocycles. The fourth-order valence-corrected chi connectivity index (χ4v) is 7.79. The summed E-state index contributed by atoms with van der Waals surface area (Å²) in [6, 6.07) is 42.0. The number of amides is 2. The van der Waals surface area contributed by atoms with Crippen LogP contribution in [0.25, 0.3) is 22.0 Å². The second-order valence-electron chi connectivity index (χ2n) is 15.0. The molecule has 5 aromatic carbocycles. The van der Waals surface area contributed by atoms with Gasteiger partial charge in [-0.1, -0.05) is 116 Å². The number of likely N-dealkylation sites (tertiary alicyclic amines) is 1. The number of nitrogens with zero attached hydrogens (tertiary/aromatic N) is 3. The van der Waals surface area contributed by atoms with E-state index in [0.29, 0.717) is 53.2 Å². The van der Waals surface area contributed by atoms with Crippen LogP contribution in [-0.2, 0) is 15.1 Å². The van der Waals surface area contributed by atoms with Gasteiger partial charge in [-0.05, 0) is 86.2 Å². The molecule has 0 spiro atoms. The van der Waals surface area contributed by atoms with E-state index in [4.69, 9.17) is 21.4 Å². The Hall–Kier alpha value is -5.73. The second kappa shape index (κ2) is 15.6. The zero-order valence-corrected chi connectivity index (χ0v) is 32.3. The molecule has 0 saturated carbocycles. The summed E-state index contributed by atoms with van der Waals surface area (Å²) in [5, 5.41) is 9.74. The molecule has 1 aliphatic rings. The van der Waals surface area contributed by atoms with Crippen molar-refractivity contribution in [3.63, 3.8) is 0 Å². The smallest absolute Gasteiger partial charge is 0.410 e. The predicted octanol–water partition coefficient (Wildman–Crippen LogP) is 10.4. The Balaban J connectivity index is 1.43. The van der Waals surface area contributed by atoms with E-state index in [1.54, 1.807) is 17.0 Å². The molecule has 0 bridgehead atoms. The minimum atomic E-state index is -0.962. The Morgan fingerprint density at radius 1 is 0.818 bits per heavy atom. The number of halogens is 1. The molecule has 1 aliphatic heterocycles. The lowest BCUT2D eigenvalue weighted by atomic mass is 9.77.